The number of aryl methyl sites for hydroxylation is 1. The third-order valence-corrected chi connectivity index (χ3v) is 6.10. The standard InChI is InChI=1S/C27H30N4O6/c1-20-9-14-25(37-20)18-29(16-21-6-3-2-4-7-21)26(32)19-30(17-24-8-5-15-36-24)27(33)28-22-10-12-23(13-11-22)31(34)35/h2-4,6-7,9-14,24H,5,8,15-19H2,1H3,(H,28,33). The maximum atomic E-state index is 13.6. The first-order valence-electron chi connectivity index (χ1n) is 12.2. The van der Waals surface area contributed by atoms with Crippen molar-refractivity contribution in [3.63, 3.8) is 0 Å². The Kier molecular flexibility index (Phi) is 8.52. The van der Waals surface area contributed by atoms with Crippen LogP contribution in [0, 0.1) is 17.0 Å². The molecule has 2 aromatic carbocycles. The topological polar surface area (TPSA) is 118 Å². The Bertz CT molecular complexity index is 1210. The molecular weight excluding hydrogens is 476 g/mol. The van der Waals surface area contributed by atoms with Gasteiger partial charge in [-0.15, -0.1) is 0 Å². The van der Waals surface area contributed by atoms with Gasteiger partial charge in [0.2, 0.25) is 5.91 Å². The lowest BCUT2D eigenvalue weighted by Gasteiger charge is -2.29. The third-order valence-electron chi connectivity index (χ3n) is 6.10. The van der Waals surface area contributed by atoms with Crippen molar-refractivity contribution >= 4 is 23.3 Å². The van der Waals surface area contributed by atoms with Crippen molar-refractivity contribution in [3.05, 3.63) is 93.9 Å². The predicted octanol–water partition coefficient (Wildman–Crippen LogP) is 4.74. The first-order chi connectivity index (χ1) is 17.9. The molecule has 194 valence electrons. The largest absolute Gasteiger partial charge is 0.464 e. The quantitative estimate of drug-likeness (QED) is 0.314. The average molecular weight is 507 g/mol. The molecule has 1 aromatic heterocycles. The molecule has 1 N–H and O–H groups in total. The molecule has 0 radical (unpaired) electrons. The Labute approximate surface area is 215 Å². The predicted molar refractivity (Wildman–Crippen MR) is 137 cm³/mol. The summed E-state index contributed by atoms with van der Waals surface area (Å²) in [5, 5.41) is 13.7. The van der Waals surface area contributed by atoms with Crippen LogP contribution in [0.3, 0.4) is 0 Å². The highest BCUT2D eigenvalue weighted by atomic mass is 16.6. The normalized spacial score (nSPS) is 14.8. The van der Waals surface area contributed by atoms with E-state index < -0.39 is 11.0 Å². The van der Waals surface area contributed by atoms with Gasteiger partial charge in [-0.3, -0.25) is 14.9 Å². The highest BCUT2D eigenvalue weighted by molar-refractivity contribution is 5.92. The molecule has 1 unspecified atom stereocenters. The van der Waals surface area contributed by atoms with E-state index in [1.165, 1.54) is 29.2 Å². The van der Waals surface area contributed by atoms with E-state index in [2.05, 4.69) is 5.32 Å². The van der Waals surface area contributed by atoms with Crippen molar-refractivity contribution in [1.29, 1.82) is 0 Å². The Morgan fingerprint density at radius 3 is 2.41 bits per heavy atom. The van der Waals surface area contributed by atoms with Crippen LogP contribution >= 0.6 is 0 Å². The number of non-ortho nitro benzene ring substituents is 1. The Hall–Kier alpha value is -4.18. The van der Waals surface area contributed by atoms with Crippen LogP contribution in [0.25, 0.3) is 0 Å². The smallest absolute Gasteiger partial charge is 0.322 e. The van der Waals surface area contributed by atoms with Crippen LogP contribution in [0.15, 0.2) is 71.1 Å². The molecule has 2 heterocycles. The summed E-state index contributed by atoms with van der Waals surface area (Å²) >= 11 is 0. The lowest BCUT2D eigenvalue weighted by atomic mass is 10.2. The molecule has 0 bridgehead atoms. The lowest BCUT2D eigenvalue weighted by Crippen LogP contribution is -2.46. The Balaban J connectivity index is 1.50. The van der Waals surface area contributed by atoms with E-state index in [1.807, 2.05) is 49.4 Å². The van der Waals surface area contributed by atoms with Crippen molar-refractivity contribution < 1.29 is 23.7 Å². The van der Waals surface area contributed by atoms with Gasteiger partial charge in [0.1, 0.15) is 18.1 Å². The number of nitrogens with one attached hydrogen (secondary N) is 1. The summed E-state index contributed by atoms with van der Waals surface area (Å²) in [7, 11) is 0. The number of hydrogen-bond acceptors (Lipinski definition) is 6. The second kappa shape index (κ2) is 12.2. The van der Waals surface area contributed by atoms with Gasteiger partial charge in [-0.1, -0.05) is 30.3 Å². The van der Waals surface area contributed by atoms with Gasteiger partial charge in [0.25, 0.3) is 5.69 Å². The zero-order valence-electron chi connectivity index (χ0n) is 20.7. The highest BCUT2D eigenvalue weighted by Crippen LogP contribution is 2.19. The SMILES string of the molecule is Cc1ccc(CN(Cc2ccccc2)C(=O)CN(CC2CCCO2)C(=O)Nc2ccc([N+](=O)[O-])cc2)o1. The molecule has 0 spiro atoms. The lowest BCUT2D eigenvalue weighted by molar-refractivity contribution is -0.384. The number of ether oxygens (including phenoxy) is 1. The molecule has 0 aliphatic carbocycles. The second-order valence-electron chi connectivity index (χ2n) is 9.00. The summed E-state index contributed by atoms with van der Waals surface area (Å²) in [6.45, 7) is 3.18. The molecule has 1 saturated heterocycles. The molecule has 1 aliphatic rings. The van der Waals surface area contributed by atoms with Crippen molar-refractivity contribution in [2.24, 2.45) is 0 Å². The van der Waals surface area contributed by atoms with Crippen molar-refractivity contribution in [2.45, 2.75) is 39.0 Å². The van der Waals surface area contributed by atoms with Gasteiger partial charge in [-0.25, -0.2) is 4.79 Å². The van der Waals surface area contributed by atoms with Gasteiger partial charge in [0.05, 0.1) is 17.6 Å². The molecule has 0 saturated carbocycles. The monoisotopic (exact) mass is 506 g/mol. The molecule has 10 nitrogen and oxygen atoms in total. The number of urea groups is 1. The van der Waals surface area contributed by atoms with Crippen LogP contribution < -0.4 is 5.32 Å². The minimum atomic E-state index is -0.504. The van der Waals surface area contributed by atoms with E-state index in [4.69, 9.17) is 9.15 Å². The summed E-state index contributed by atoms with van der Waals surface area (Å²) in [4.78, 5) is 40.3. The number of amides is 3. The average Bonchev–Trinajstić information content (AvgIpc) is 3.55. The van der Waals surface area contributed by atoms with E-state index in [-0.39, 0.29) is 37.3 Å². The number of carbonyl (C=O) groups excluding carboxylic acids is 2. The molecule has 1 fully saturated rings. The summed E-state index contributed by atoms with van der Waals surface area (Å²) in [6.07, 6.45) is 1.54. The molecule has 3 aromatic rings. The molecular formula is C27H30N4O6. The van der Waals surface area contributed by atoms with Gasteiger partial charge >= 0.3 is 6.03 Å². The molecule has 37 heavy (non-hydrogen) atoms. The van der Waals surface area contributed by atoms with E-state index in [0.29, 0.717) is 24.6 Å². The molecule has 1 aliphatic heterocycles. The zero-order valence-corrected chi connectivity index (χ0v) is 20.7. The van der Waals surface area contributed by atoms with Crippen molar-refractivity contribution in [2.75, 3.05) is 25.0 Å². The van der Waals surface area contributed by atoms with Gasteiger partial charge in [0, 0.05) is 37.5 Å². The second-order valence-corrected chi connectivity index (χ2v) is 9.00. The number of carbonyl (C=O) groups is 2. The maximum Gasteiger partial charge on any atom is 0.322 e. The number of anilines is 1. The van der Waals surface area contributed by atoms with Gasteiger partial charge in [-0.05, 0) is 49.6 Å². The van der Waals surface area contributed by atoms with E-state index in [1.54, 1.807) is 4.90 Å². The van der Waals surface area contributed by atoms with E-state index in [9.17, 15) is 19.7 Å². The van der Waals surface area contributed by atoms with Crippen LogP contribution in [0.4, 0.5) is 16.2 Å². The summed E-state index contributed by atoms with van der Waals surface area (Å²) in [5.74, 6) is 1.17. The number of nitro groups is 1. The number of nitro benzene ring substituents is 1. The number of furan rings is 1. The van der Waals surface area contributed by atoms with Crippen LogP contribution in [0.2, 0.25) is 0 Å². The zero-order chi connectivity index (χ0) is 26.2. The fourth-order valence-corrected chi connectivity index (χ4v) is 4.18. The van der Waals surface area contributed by atoms with Crippen molar-refractivity contribution in [3.8, 4) is 0 Å². The number of nitrogens with zero attached hydrogens (tertiary/aromatic N) is 3. The van der Waals surface area contributed by atoms with Crippen LogP contribution in [0.5, 0.6) is 0 Å². The number of benzene rings is 2. The van der Waals surface area contributed by atoms with Crippen LogP contribution in [-0.4, -0.2) is 52.5 Å². The van der Waals surface area contributed by atoms with Gasteiger partial charge in [-0.2, -0.15) is 0 Å². The van der Waals surface area contributed by atoms with Crippen LogP contribution in [-0.2, 0) is 22.6 Å². The number of rotatable bonds is 10. The first-order valence-corrected chi connectivity index (χ1v) is 12.2. The third kappa shape index (κ3) is 7.40. The van der Waals surface area contributed by atoms with E-state index >= 15 is 0 Å². The fraction of sp³-hybridized carbons (Fsp3) is 0.333. The Morgan fingerprint density at radius 1 is 1.03 bits per heavy atom. The summed E-state index contributed by atoms with van der Waals surface area (Å²) < 4.78 is 11.4. The van der Waals surface area contributed by atoms with E-state index in [0.717, 1.165) is 24.2 Å². The molecule has 4 rings (SSSR count). The maximum absolute atomic E-state index is 13.6. The van der Waals surface area contributed by atoms with Gasteiger partial charge < -0.3 is 24.3 Å². The molecule has 1 atom stereocenters. The first kappa shape index (κ1) is 25.9. The fourth-order valence-electron chi connectivity index (χ4n) is 4.18. The molecule has 3 amide bonds. The Morgan fingerprint density at radius 2 is 1.78 bits per heavy atom. The van der Waals surface area contributed by atoms with Crippen molar-refractivity contribution in [1.82, 2.24) is 9.80 Å². The van der Waals surface area contributed by atoms with Gasteiger partial charge in [0.15, 0.2) is 0 Å². The minimum absolute atomic E-state index is 0.0749. The summed E-state index contributed by atoms with van der Waals surface area (Å²) in [6, 6.07) is 18.4. The number of hydrogen-bond donors (Lipinski definition) is 1. The van der Waals surface area contributed by atoms with Crippen LogP contribution in [0.1, 0.15) is 29.9 Å². The highest BCUT2D eigenvalue weighted by Gasteiger charge is 2.27. The molecule has 10 heteroatoms. The summed E-state index contributed by atoms with van der Waals surface area (Å²) in [5.41, 5.74) is 1.28. The minimum Gasteiger partial charge on any atom is -0.464 e.